The molecule has 0 aliphatic rings. The van der Waals surface area contributed by atoms with E-state index in [1.54, 1.807) is 0 Å². The molecule has 0 N–H and O–H groups in total. The lowest BCUT2D eigenvalue weighted by molar-refractivity contribution is 0.162. The Morgan fingerprint density at radius 1 is 1.11 bits per heavy atom. The van der Waals surface area contributed by atoms with Gasteiger partial charge < -0.3 is 4.74 Å². The van der Waals surface area contributed by atoms with Crippen LogP contribution in [0.25, 0.3) is 0 Å². The van der Waals surface area contributed by atoms with Gasteiger partial charge in [-0.25, -0.2) is 0 Å². The summed E-state index contributed by atoms with van der Waals surface area (Å²) in [4.78, 5) is 0. The van der Waals surface area contributed by atoms with Gasteiger partial charge in [-0.1, -0.05) is 0 Å². The van der Waals surface area contributed by atoms with Crippen molar-refractivity contribution in [2.75, 3.05) is 13.2 Å². The first-order chi connectivity index (χ1) is 4.15. The molecule has 5 heteroatoms. The van der Waals surface area contributed by atoms with Crippen LogP contribution >= 0.6 is 33.2 Å². The Bertz CT molecular complexity index is 40.0. The summed E-state index contributed by atoms with van der Waals surface area (Å²) < 4.78 is 4.83. The average molecular weight is 210 g/mol. The van der Waals surface area contributed by atoms with Crippen molar-refractivity contribution in [1.82, 2.24) is 0 Å². The molecule has 0 atom stereocenters. The molecule has 0 aliphatic carbocycles. The molecule has 0 heterocycles. The predicted molar refractivity (Wildman–Crippen MR) is 46.9 cm³/mol. The Morgan fingerprint density at radius 3 is 1.33 bits per heavy atom. The van der Waals surface area contributed by atoms with Gasteiger partial charge in [0, 0.05) is 13.2 Å². The lowest BCUT2D eigenvalue weighted by Crippen LogP contribution is -1.84. The highest BCUT2D eigenvalue weighted by Gasteiger charge is 1.85. The highest BCUT2D eigenvalue weighted by atomic mass is 35.8. The summed E-state index contributed by atoms with van der Waals surface area (Å²) in [7, 11) is 0. The summed E-state index contributed by atoms with van der Waals surface area (Å²) in [5.74, 6) is 0. The molecule has 58 valence electrons. The largest absolute Gasteiger partial charge is 0.382 e. The molecule has 0 amide bonds. The lowest BCUT2D eigenvalue weighted by Gasteiger charge is -1.86. The number of ether oxygens (including phenoxy) is 1. The predicted octanol–water partition coefficient (Wildman–Crippen LogP) is 2.46. The summed E-state index contributed by atoms with van der Waals surface area (Å²) in [6, 6.07) is 0. The Kier molecular flexibility index (Phi) is 16.6. The van der Waals surface area contributed by atoms with E-state index < -0.39 is 6.73 Å². The third-order valence-electron chi connectivity index (χ3n) is 0.408. The van der Waals surface area contributed by atoms with Crippen LogP contribution in [0.4, 0.5) is 0 Å². The lowest BCUT2D eigenvalue weighted by atomic mass is 10.8. The second-order valence-electron chi connectivity index (χ2n) is 1.03. The standard InChI is InChI=1S/C4H10O.Cl3HSi/c1-3-5-4-2;1-4(2)3/h3-4H2,1-2H3;4H. The van der Waals surface area contributed by atoms with Crippen molar-refractivity contribution < 1.29 is 4.74 Å². The van der Waals surface area contributed by atoms with Gasteiger partial charge in [-0.15, -0.1) is 33.2 Å². The SMILES string of the molecule is CCOCC.Cl[SiH](Cl)Cl. The molecule has 0 aliphatic heterocycles. The molecule has 9 heavy (non-hydrogen) atoms. The minimum absolute atomic E-state index is 0.844. The topological polar surface area (TPSA) is 9.23 Å². The normalized spacial score (nSPS) is 8.67. The zero-order chi connectivity index (χ0) is 7.70. The summed E-state index contributed by atoms with van der Waals surface area (Å²) in [5, 5.41) is 0. The van der Waals surface area contributed by atoms with Crippen LogP contribution in [0.5, 0.6) is 0 Å². The Balaban J connectivity index is 0. The minimum Gasteiger partial charge on any atom is -0.382 e. The van der Waals surface area contributed by atoms with Crippen molar-refractivity contribution >= 4 is 40.0 Å². The van der Waals surface area contributed by atoms with Gasteiger partial charge >= 0.3 is 6.73 Å². The van der Waals surface area contributed by atoms with Gasteiger partial charge in [0.25, 0.3) is 0 Å². The fraction of sp³-hybridized carbons (Fsp3) is 1.00. The molecule has 0 aromatic rings. The van der Waals surface area contributed by atoms with E-state index in [-0.39, 0.29) is 0 Å². The fourth-order valence-corrected chi connectivity index (χ4v) is 0.204. The van der Waals surface area contributed by atoms with Gasteiger partial charge in [0.2, 0.25) is 0 Å². The first-order valence-electron chi connectivity index (χ1n) is 2.65. The van der Waals surface area contributed by atoms with Crippen molar-refractivity contribution in [3.05, 3.63) is 0 Å². The van der Waals surface area contributed by atoms with E-state index in [4.69, 9.17) is 38.0 Å². The van der Waals surface area contributed by atoms with Gasteiger partial charge in [-0.05, 0) is 13.8 Å². The number of halogens is 3. The second-order valence-corrected chi connectivity index (χ2v) is 7.46. The maximum Gasteiger partial charge on any atom is 0.326 e. The monoisotopic (exact) mass is 208 g/mol. The summed E-state index contributed by atoms with van der Waals surface area (Å²) >= 11 is 14.8. The molecule has 1 nitrogen and oxygen atoms in total. The van der Waals surface area contributed by atoms with Crippen LogP contribution in [-0.4, -0.2) is 19.9 Å². The maximum atomic E-state index is 4.94. The Hall–Kier alpha value is 1.05. The summed E-state index contributed by atoms with van der Waals surface area (Å²) in [6.07, 6.45) is 0. The van der Waals surface area contributed by atoms with Gasteiger partial charge in [0.1, 0.15) is 0 Å². The first kappa shape index (κ1) is 12.7. The van der Waals surface area contributed by atoms with E-state index in [1.165, 1.54) is 0 Å². The maximum absolute atomic E-state index is 4.94. The highest BCUT2D eigenvalue weighted by Crippen LogP contribution is 1.97. The fourth-order valence-electron chi connectivity index (χ4n) is 0.204. The van der Waals surface area contributed by atoms with E-state index in [2.05, 4.69) is 0 Å². The third kappa shape index (κ3) is 48.4. The van der Waals surface area contributed by atoms with Crippen molar-refractivity contribution in [3.8, 4) is 0 Å². The molecule has 0 spiro atoms. The van der Waals surface area contributed by atoms with Gasteiger partial charge in [0.05, 0.1) is 0 Å². The Morgan fingerprint density at radius 2 is 1.33 bits per heavy atom. The molecule has 0 aromatic heterocycles. The molecule has 0 radical (unpaired) electrons. The molecule has 0 saturated carbocycles. The molecule has 0 aromatic carbocycles. The van der Waals surface area contributed by atoms with Crippen LogP contribution < -0.4 is 0 Å². The molecule has 0 unspecified atom stereocenters. The molecule has 0 fully saturated rings. The molecular weight excluding hydrogens is 198 g/mol. The summed E-state index contributed by atoms with van der Waals surface area (Å²) in [6.45, 7) is 3.94. The van der Waals surface area contributed by atoms with Crippen molar-refractivity contribution in [2.45, 2.75) is 13.8 Å². The third-order valence-corrected chi connectivity index (χ3v) is 0.408. The molecule has 0 rings (SSSR count). The number of rotatable bonds is 2. The minimum atomic E-state index is -1.72. The van der Waals surface area contributed by atoms with E-state index in [1.807, 2.05) is 13.8 Å². The average Bonchev–Trinajstić information content (AvgIpc) is 1.66. The highest BCUT2D eigenvalue weighted by molar-refractivity contribution is 7.54. The van der Waals surface area contributed by atoms with Crippen LogP contribution in [0.15, 0.2) is 0 Å². The number of hydrogen-bond donors (Lipinski definition) is 0. The van der Waals surface area contributed by atoms with Crippen LogP contribution in [0, 0.1) is 0 Å². The zero-order valence-corrected chi connectivity index (χ0v) is 8.96. The smallest absolute Gasteiger partial charge is 0.326 e. The zero-order valence-electron chi connectivity index (χ0n) is 5.53. The quantitative estimate of drug-likeness (QED) is 0.502. The van der Waals surface area contributed by atoms with Gasteiger partial charge in [-0.2, -0.15) is 0 Å². The molecule has 0 bridgehead atoms. The van der Waals surface area contributed by atoms with Crippen LogP contribution in [0.1, 0.15) is 13.8 Å². The van der Waals surface area contributed by atoms with Crippen molar-refractivity contribution in [3.63, 3.8) is 0 Å². The van der Waals surface area contributed by atoms with Crippen molar-refractivity contribution in [1.29, 1.82) is 0 Å². The molecular formula is C4H11Cl3OSi. The number of hydrogen-bond acceptors (Lipinski definition) is 1. The van der Waals surface area contributed by atoms with Gasteiger partial charge in [-0.3, -0.25) is 0 Å². The second kappa shape index (κ2) is 11.8. The van der Waals surface area contributed by atoms with Crippen LogP contribution in [-0.2, 0) is 4.74 Å². The van der Waals surface area contributed by atoms with Crippen LogP contribution in [0.3, 0.4) is 0 Å². The van der Waals surface area contributed by atoms with E-state index in [0.29, 0.717) is 0 Å². The van der Waals surface area contributed by atoms with E-state index >= 15 is 0 Å². The van der Waals surface area contributed by atoms with E-state index in [9.17, 15) is 0 Å². The van der Waals surface area contributed by atoms with Crippen molar-refractivity contribution in [2.24, 2.45) is 0 Å². The Labute approximate surface area is 72.0 Å². The first-order valence-corrected chi connectivity index (χ1v) is 7.88. The van der Waals surface area contributed by atoms with Gasteiger partial charge in [0.15, 0.2) is 0 Å². The summed E-state index contributed by atoms with van der Waals surface area (Å²) in [5.41, 5.74) is 0. The van der Waals surface area contributed by atoms with Crippen LogP contribution in [0.2, 0.25) is 0 Å². The molecule has 0 saturated heterocycles. The van der Waals surface area contributed by atoms with E-state index in [0.717, 1.165) is 13.2 Å².